The van der Waals surface area contributed by atoms with Gasteiger partial charge in [-0.2, -0.15) is 0 Å². The van der Waals surface area contributed by atoms with Crippen molar-refractivity contribution in [3.05, 3.63) is 29.1 Å². The second-order valence-corrected chi connectivity index (χ2v) is 4.74. The summed E-state index contributed by atoms with van der Waals surface area (Å²) >= 11 is 0. The van der Waals surface area contributed by atoms with Crippen LogP contribution in [0.15, 0.2) is 12.1 Å². The fourth-order valence-corrected chi connectivity index (χ4v) is 1.71. The van der Waals surface area contributed by atoms with Crippen molar-refractivity contribution in [2.75, 3.05) is 19.8 Å². The molecule has 0 fully saturated rings. The molecule has 0 aliphatic carbocycles. The molecule has 2 N–H and O–H groups in total. The van der Waals surface area contributed by atoms with Crippen LogP contribution in [0.4, 0.5) is 4.39 Å². The third kappa shape index (κ3) is 5.17. The molecule has 3 nitrogen and oxygen atoms in total. The first-order valence-corrected chi connectivity index (χ1v) is 6.82. The van der Waals surface area contributed by atoms with Crippen molar-refractivity contribution < 1.29 is 13.9 Å². The molecule has 0 bridgehead atoms. The SMILES string of the molecule is CCCCOCCOc1cc(C)c(F)cc1C(C)N. The molecule has 1 rings (SSSR count). The first-order chi connectivity index (χ1) is 9.06. The molecule has 1 aromatic carbocycles. The summed E-state index contributed by atoms with van der Waals surface area (Å²) in [4.78, 5) is 0. The van der Waals surface area contributed by atoms with Gasteiger partial charge in [-0.15, -0.1) is 0 Å². The molecule has 4 heteroatoms. The molecule has 0 heterocycles. The molecule has 1 atom stereocenters. The first kappa shape index (κ1) is 15.9. The van der Waals surface area contributed by atoms with Crippen LogP contribution in [0.3, 0.4) is 0 Å². The monoisotopic (exact) mass is 269 g/mol. The van der Waals surface area contributed by atoms with Crippen molar-refractivity contribution in [3.8, 4) is 5.75 Å². The van der Waals surface area contributed by atoms with Gasteiger partial charge in [0, 0.05) is 18.2 Å². The normalized spacial score (nSPS) is 12.5. The molecule has 1 unspecified atom stereocenters. The Bertz CT molecular complexity index is 394. The predicted molar refractivity (Wildman–Crippen MR) is 75.0 cm³/mol. The van der Waals surface area contributed by atoms with Gasteiger partial charge in [-0.3, -0.25) is 0 Å². The number of ether oxygens (including phenoxy) is 2. The van der Waals surface area contributed by atoms with Gasteiger partial charge in [-0.1, -0.05) is 13.3 Å². The van der Waals surface area contributed by atoms with Gasteiger partial charge in [0.15, 0.2) is 0 Å². The second kappa shape index (κ2) is 8.12. The highest BCUT2D eigenvalue weighted by molar-refractivity contribution is 5.39. The Morgan fingerprint density at radius 3 is 2.63 bits per heavy atom. The molecular formula is C15H24FNO2. The summed E-state index contributed by atoms with van der Waals surface area (Å²) in [6, 6.07) is 2.89. The number of rotatable bonds is 8. The Morgan fingerprint density at radius 1 is 1.26 bits per heavy atom. The Labute approximate surface area is 114 Å². The van der Waals surface area contributed by atoms with E-state index in [2.05, 4.69) is 6.92 Å². The molecule has 0 radical (unpaired) electrons. The average Bonchev–Trinajstić information content (AvgIpc) is 2.37. The molecule has 0 amide bonds. The summed E-state index contributed by atoms with van der Waals surface area (Å²) in [6.45, 7) is 7.39. The quantitative estimate of drug-likeness (QED) is 0.736. The minimum atomic E-state index is -0.258. The van der Waals surface area contributed by atoms with Crippen LogP contribution in [0, 0.1) is 12.7 Å². The van der Waals surface area contributed by atoms with Gasteiger partial charge in [-0.25, -0.2) is 4.39 Å². The molecule has 108 valence electrons. The molecule has 19 heavy (non-hydrogen) atoms. The van der Waals surface area contributed by atoms with Crippen LogP contribution in [0.2, 0.25) is 0 Å². The Kier molecular flexibility index (Phi) is 6.81. The van der Waals surface area contributed by atoms with Gasteiger partial charge >= 0.3 is 0 Å². The van der Waals surface area contributed by atoms with Crippen LogP contribution >= 0.6 is 0 Å². The Morgan fingerprint density at radius 2 is 2.00 bits per heavy atom. The summed E-state index contributed by atoms with van der Waals surface area (Å²) in [5.74, 6) is 0.395. The molecule has 0 aliphatic heterocycles. The highest BCUT2D eigenvalue weighted by Gasteiger charge is 2.12. The van der Waals surface area contributed by atoms with Crippen LogP contribution in [0.5, 0.6) is 5.75 Å². The standard InChI is InChI=1S/C15H24FNO2/c1-4-5-6-18-7-8-19-15-9-11(2)14(16)10-13(15)12(3)17/h9-10,12H,4-8,17H2,1-3H3. The summed E-state index contributed by atoms with van der Waals surface area (Å²) in [5, 5.41) is 0. The van der Waals surface area contributed by atoms with Crippen molar-refractivity contribution in [1.82, 2.24) is 0 Å². The van der Waals surface area contributed by atoms with Crippen LogP contribution in [0.25, 0.3) is 0 Å². The van der Waals surface area contributed by atoms with E-state index in [1.54, 1.807) is 13.0 Å². The van der Waals surface area contributed by atoms with Crippen molar-refractivity contribution in [2.45, 2.75) is 39.7 Å². The average molecular weight is 269 g/mol. The maximum atomic E-state index is 13.5. The van der Waals surface area contributed by atoms with Gasteiger partial charge in [0.1, 0.15) is 18.2 Å². The minimum Gasteiger partial charge on any atom is -0.491 e. The van der Waals surface area contributed by atoms with E-state index in [0.29, 0.717) is 30.1 Å². The van der Waals surface area contributed by atoms with E-state index in [4.69, 9.17) is 15.2 Å². The van der Waals surface area contributed by atoms with Crippen molar-refractivity contribution in [2.24, 2.45) is 5.73 Å². The lowest BCUT2D eigenvalue weighted by molar-refractivity contribution is 0.0976. The third-order valence-electron chi connectivity index (χ3n) is 2.91. The highest BCUT2D eigenvalue weighted by Crippen LogP contribution is 2.27. The van der Waals surface area contributed by atoms with Crippen molar-refractivity contribution in [3.63, 3.8) is 0 Å². The molecule has 1 aromatic rings. The largest absolute Gasteiger partial charge is 0.491 e. The fraction of sp³-hybridized carbons (Fsp3) is 0.600. The summed E-state index contributed by atoms with van der Waals surface area (Å²) in [7, 11) is 0. The summed E-state index contributed by atoms with van der Waals surface area (Å²) in [5.41, 5.74) is 7.08. The molecule has 0 aromatic heterocycles. The van der Waals surface area contributed by atoms with Gasteiger partial charge in [-0.05, 0) is 38.0 Å². The van der Waals surface area contributed by atoms with Crippen LogP contribution in [-0.2, 0) is 4.74 Å². The van der Waals surface area contributed by atoms with E-state index in [9.17, 15) is 4.39 Å². The number of nitrogens with two attached hydrogens (primary N) is 1. The van der Waals surface area contributed by atoms with Gasteiger partial charge in [0.2, 0.25) is 0 Å². The lowest BCUT2D eigenvalue weighted by Gasteiger charge is -2.15. The summed E-state index contributed by atoms with van der Waals surface area (Å²) < 4.78 is 24.6. The molecule has 0 saturated carbocycles. The minimum absolute atomic E-state index is 0.251. The zero-order chi connectivity index (χ0) is 14.3. The number of aryl methyl sites for hydroxylation is 1. The number of benzene rings is 1. The smallest absolute Gasteiger partial charge is 0.126 e. The Balaban J connectivity index is 2.54. The van der Waals surface area contributed by atoms with E-state index in [0.717, 1.165) is 19.4 Å². The van der Waals surface area contributed by atoms with Gasteiger partial charge < -0.3 is 15.2 Å². The molecular weight excluding hydrogens is 245 g/mol. The van der Waals surface area contributed by atoms with E-state index < -0.39 is 0 Å². The van der Waals surface area contributed by atoms with Crippen molar-refractivity contribution in [1.29, 1.82) is 0 Å². The fourth-order valence-electron chi connectivity index (χ4n) is 1.71. The van der Waals surface area contributed by atoms with E-state index in [-0.39, 0.29) is 11.9 Å². The van der Waals surface area contributed by atoms with E-state index >= 15 is 0 Å². The third-order valence-corrected chi connectivity index (χ3v) is 2.91. The highest BCUT2D eigenvalue weighted by atomic mass is 19.1. The number of unbranched alkanes of at least 4 members (excludes halogenated alkanes) is 1. The topological polar surface area (TPSA) is 44.5 Å². The molecule has 0 aliphatic rings. The zero-order valence-corrected chi connectivity index (χ0v) is 12.0. The van der Waals surface area contributed by atoms with Crippen LogP contribution in [-0.4, -0.2) is 19.8 Å². The zero-order valence-electron chi connectivity index (χ0n) is 12.0. The van der Waals surface area contributed by atoms with E-state index in [1.165, 1.54) is 6.07 Å². The lowest BCUT2D eigenvalue weighted by atomic mass is 10.1. The molecule has 0 saturated heterocycles. The number of hydrogen-bond donors (Lipinski definition) is 1. The molecule has 0 spiro atoms. The second-order valence-electron chi connectivity index (χ2n) is 4.74. The van der Waals surface area contributed by atoms with Crippen molar-refractivity contribution >= 4 is 0 Å². The lowest BCUT2D eigenvalue weighted by Crippen LogP contribution is -2.12. The number of halogens is 1. The first-order valence-electron chi connectivity index (χ1n) is 6.82. The maximum absolute atomic E-state index is 13.5. The maximum Gasteiger partial charge on any atom is 0.126 e. The summed E-state index contributed by atoms with van der Waals surface area (Å²) in [6.07, 6.45) is 2.17. The van der Waals surface area contributed by atoms with E-state index in [1.807, 2.05) is 6.92 Å². The Hall–Kier alpha value is -1.13. The van der Waals surface area contributed by atoms with Gasteiger partial charge in [0.05, 0.1) is 6.61 Å². The van der Waals surface area contributed by atoms with Crippen LogP contribution < -0.4 is 10.5 Å². The van der Waals surface area contributed by atoms with Gasteiger partial charge in [0.25, 0.3) is 0 Å². The number of hydrogen-bond acceptors (Lipinski definition) is 3. The van der Waals surface area contributed by atoms with Crippen LogP contribution in [0.1, 0.15) is 43.9 Å². The predicted octanol–water partition coefficient (Wildman–Crippen LogP) is 3.35.